The molecule has 2 rings (SSSR count). The molecule has 3 nitrogen and oxygen atoms in total. The molecule has 1 aromatic heterocycles. The van der Waals surface area contributed by atoms with E-state index in [0.29, 0.717) is 12.0 Å². The van der Waals surface area contributed by atoms with Crippen molar-refractivity contribution >= 4 is 5.78 Å². The molecule has 0 amide bonds. The van der Waals surface area contributed by atoms with E-state index in [1.165, 1.54) is 31.4 Å². The lowest BCUT2D eigenvalue weighted by molar-refractivity contribution is 0.101. The van der Waals surface area contributed by atoms with Crippen molar-refractivity contribution in [2.45, 2.75) is 58.4 Å². The van der Waals surface area contributed by atoms with Crippen LogP contribution in [0.25, 0.3) is 0 Å². The quantitative estimate of drug-likeness (QED) is 0.732. The van der Waals surface area contributed by atoms with Gasteiger partial charge in [-0.2, -0.15) is 5.10 Å². The van der Waals surface area contributed by atoms with Gasteiger partial charge in [0.05, 0.1) is 17.5 Å². The molecule has 0 spiro atoms. The summed E-state index contributed by atoms with van der Waals surface area (Å²) in [5.41, 5.74) is 2.01. The van der Waals surface area contributed by atoms with Gasteiger partial charge in [-0.05, 0) is 33.6 Å². The Hall–Kier alpha value is -1.12. The van der Waals surface area contributed by atoms with Gasteiger partial charge in [-0.1, -0.05) is 12.8 Å². The Bertz CT molecular complexity index is 387. The van der Waals surface area contributed by atoms with Crippen LogP contribution in [0.5, 0.6) is 0 Å². The number of ketones is 1. The average Bonchev–Trinajstić information content (AvgIpc) is 2.85. The Morgan fingerprint density at radius 3 is 2.56 bits per heavy atom. The van der Waals surface area contributed by atoms with Crippen LogP contribution in [0.15, 0.2) is 6.20 Å². The van der Waals surface area contributed by atoms with Crippen molar-refractivity contribution in [3.05, 3.63) is 17.5 Å². The van der Waals surface area contributed by atoms with Gasteiger partial charge < -0.3 is 0 Å². The molecule has 16 heavy (non-hydrogen) atoms. The third kappa shape index (κ3) is 1.91. The number of rotatable bonds is 3. The highest BCUT2D eigenvalue weighted by Crippen LogP contribution is 2.36. The van der Waals surface area contributed by atoms with E-state index in [0.717, 1.165) is 5.56 Å². The first kappa shape index (κ1) is 11.4. The SMILES string of the molecule is CC(=O)c1cnn(C(C)C)c1C1CCCC1. The molecule has 0 saturated heterocycles. The maximum atomic E-state index is 11.6. The van der Waals surface area contributed by atoms with Crippen molar-refractivity contribution in [3.8, 4) is 0 Å². The summed E-state index contributed by atoms with van der Waals surface area (Å²) in [6, 6.07) is 0.337. The monoisotopic (exact) mass is 220 g/mol. The normalized spacial score (nSPS) is 17.2. The van der Waals surface area contributed by atoms with E-state index in [4.69, 9.17) is 0 Å². The minimum Gasteiger partial charge on any atom is -0.294 e. The summed E-state index contributed by atoms with van der Waals surface area (Å²) in [5, 5.41) is 4.38. The lowest BCUT2D eigenvalue weighted by Gasteiger charge is -2.17. The maximum absolute atomic E-state index is 11.6. The van der Waals surface area contributed by atoms with E-state index in [2.05, 4.69) is 18.9 Å². The van der Waals surface area contributed by atoms with Gasteiger partial charge in [0.15, 0.2) is 5.78 Å². The fraction of sp³-hybridized carbons (Fsp3) is 0.692. The highest BCUT2D eigenvalue weighted by molar-refractivity contribution is 5.95. The first-order chi connectivity index (χ1) is 7.61. The van der Waals surface area contributed by atoms with Gasteiger partial charge in [0.1, 0.15) is 0 Å². The zero-order chi connectivity index (χ0) is 11.7. The fourth-order valence-electron chi connectivity index (χ4n) is 2.66. The van der Waals surface area contributed by atoms with Crippen LogP contribution in [0.4, 0.5) is 0 Å². The Kier molecular flexibility index (Phi) is 3.13. The van der Waals surface area contributed by atoms with Crippen LogP contribution >= 0.6 is 0 Å². The van der Waals surface area contributed by atoms with E-state index in [9.17, 15) is 4.79 Å². The average molecular weight is 220 g/mol. The van der Waals surface area contributed by atoms with Crippen LogP contribution in [-0.4, -0.2) is 15.6 Å². The Labute approximate surface area is 96.8 Å². The van der Waals surface area contributed by atoms with Crippen LogP contribution < -0.4 is 0 Å². The first-order valence-electron chi connectivity index (χ1n) is 6.19. The molecule has 88 valence electrons. The zero-order valence-corrected chi connectivity index (χ0v) is 10.4. The van der Waals surface area contributed by atoms with E-state index >= 15 is 0 Å². The number of carbonyl (C=O) groups is 1. The number of aromatic nitrogens is 2. The molecule has 0 bridgehead atoms. The molecule has 1 fully saturated rings. The number of hydrogen-bond acceptors (Lipinski definition) is 2. The Balaban J connectivity index is 2.44. The molecule has 0 aromatic carbocycles. The molecule has 1 aliphatic carbocycles. The van der Waals surface area contributed by atoms with Gasteiger partial charge in [-0.15, -0.1) is 0 Å². The summed E-state index contributed by atoms with van der Waals surface area (Å²) in [5.74, 6) is 0.692. The molecule has 3 heteroatoms. The minimum atomic E-state index is 0.147. The largest absolute Gasteiger partial charge is 0.294 e. The van der Waals surface area contributed by atoms with Crippen molar-refractivity contribution in [2.24, 2.45) is 0 Å². The minimum absolute atomic E-state index is 0.147. The summed E-state index contributed by atoms with van der Waals surface area (Å²) >= 11 is 0. The van der Waals surface area contributed by atoms with Crippen molar-refractivity contribution in [1.82, 2.24) is 9.78 Å². The molecule has 1 saturated carbocycles. The number of carbonyl (C=O) groups excluding carboxylic acids is 1. The summed E-state index contributed by atoms with van der Waals surface area (Å²) in [4.78, 5) is 11.6. The lowest BCUT2D eigenvalue weighted by Crippen LogP contribution is -2.12. The van der Waals surface area contributed by atoms with Gasteiger partial charge in [0.2, 0.25) is 0 Å². The summed E-state index contributed by atoms with van der Waals surface area (Å²) in [7, 11) is 0. The van der Waals surface area contributed by atoms with Crippen molar-refractivity contribution in [3.63, 3.8) is 0 Å². The lowest BCUT2D eigenvalue weighted by atomic mass is 9.98. The zero-order valence-electron chi connectivity index (χ0n) is 10.4. The predicted octanol–water partition coefficient (Wildman–Crippen LogP) is 3.32. The number of nitrogens with zero attached hydrogens (tertiary/aromatic N) is 2. The molecular weight excluding hydrogens is 200 g/mol. The van der Waals surface area contributed by atoms with E-state index in [1.807, 2.05) is 4.68 Å². The van der Waals surface area contributed by atoms with Crippen LogP contribution in [0.3, 0.4) is 0 Å². The van der Waals surface area contributed by atoms with Crippen LogP contribution in [0.2, 0.25) is 0 Å². The van der Waals surface area contributed by atoms with Gasteiger partial charge >= 0.3 is 0 Å². The molecule has 1 aliphatic rings. The maximum Gasteiger partial charge on any atom is 0.163 e. The second kappa shape index (κ2) is 4.40. The smallest absolute Gasteiger partial charge is 0.163 e. The van der Waals surface area contributed by atoms with Gasteiger partial charge in [0.25, 0.3) is 0 Å². The van der Waals surface area contributed by atoms with Crippen LogP contribution in [0, 0.1) is 0 Å². The highest BCUT2D eigenvalue weighted by Gasteiger charge is 2.26. The van der Waals surface area contributed by atoms with Crippen LogP contribution in [0.1, 0.15) is 74.5 Å². The van der Waals surface area contributed by atoms with E-state index in [-0.39, 0.29) is 5.78 Å². The van der Waals surface area contributed by atoms with Crippen molar-refractivity contribution in [2.75, 3.05) is 0 Å². The summed E-state index contributed by atoms with van der Waals surface area (Å²) < 4.78 is 2.03. The van der Waals surface area contributed by atoms with E-state index in [1.54, 1.807) is 13.1 Å². The van der Waals surface area contributed by atoms with Gasteiger partial charge in [0, 0.05) is 12.0 Å². The third-order valence-corrected chi connectivity index (χ3v) is 3.44. The first-order valence-corrected chi connectivity index (χ1v) is 6.19. The Morgan fingerprint density at radius 1 is 1.44 bits per heavy atom. The van der Waals surface area contributed by atoms with Gasteiger partial charge in [-0.25, -0.2) is 0 Å². The van der Waals surface area contributed by atoms with E-state index < -0.39 is 0 Å². The summed E-state index contributed by atoms with van der Waals surface area (Å²) in [6.07, 6.45) is 6.73. The fourth-order valence-corrected chi connectivity index (χ4v) is 2.66. The Morgan fingerprint density at radius 2 is 2.06 bits per heavy atom. The number of Topliss-reactive ketones (excluding diaryl/α,β-unsaturated/α-hetero) is 1. The standard InChI is InChI=1S/C13H20N2O/c1-9(2)15-13(11-6-4-5-7-11)12(8-14-15)10(3)16/h8-9,11H,4-7H2,1-3H3. The summed E-state index contributed by atoms with van der Waals surface area (Å²) in [6.45, 7) is 5.88. The molecule has 0 radical (unpaired) electrons. The molecular formula is C13H20N2O. The topological polar surface area (TPSA) is 34.9 Å². The second-order valence-corrected chi connectivity index (χ2v) is 5.02. The molecule has 0 aliphatic heterocycles. The van der Waals surface area contributed by atoms with Crippen molar-refractivity contribution in [1.29, 1.82) is 0 Å². The predicted molar refractivity (Wildman–Crippen MR) is 63.8 cm³/mol. The highest BCUT2D eigenvalue weighted by atomic mass is 16.1. The number of hydrogen-bond donors (Lipinski definition) is 0. The van der Waals surface area contributed by atoms with Crippen LogP contribution in [-0.2, 0) is 0 Å². The van der Waals surface area contributed by atoms with Crippen molar-refractivity contribution < 1.29 is 4.79 Å². The third-order valence-electron chi connectivity index (χ3n) is 3.44. The molecule has 1 aromatic rings. The molecule has 0 N–H and O–H groups in total. The molecule has 0 atom stereocenters. The van der Waals surface area contributed by atoms with Gasteiger partial charge in [-0.3, -0.25) is 9.48 Å². The molecule has 1 heterocycles. The second-order valence-electron chi connectivity index (χ2n) is 5.02. The molecule has 0 unspecified atom stereocenters.